The molecule has 98 valence electrons. The maximum absolute atomic E-state index is 12.9. The van der Waals surface area contributed by atoms with E-state index in [4.69, 9.17) is 0 Å². The fourth-order valence-electron chi connectivity index (χ4n) is 2.51. The monoisotopic (exact) mass is 257 g/mol. The van der Waals surface area contributed by atoms with Crippen molar-refractivity contribution in [3.05, 3.63) is 29.3 Å². The van der Waals surface area contributed by atoms with Crippen LogP contribution in [0.15, 0.2) is 18.2 Å². The summed E-state index contributed by atoms with van der Waals surface area (Å²) in [4.78, 5) is 11.9. The predicted molar refractivity (Wildman–Crippen MR) is 62.3 cm³/mol. The average molecular weight is 257 g/mol. The number of alkyl halides is 3. The third-order valence-electron chi connectivity index (χ3n) is 3.45. The van der Waals surface area contributed by atoms with Crippen LogP contribution in [0.5, 0.6) is 0 Å². The van der Waals surface area contributed by atoms with Gasteiger partial charge >= 0.3 is 6.18 Å². The van der Waals surface area contributed by atoms with Crippen molar-refractivity contribution >= 4 is 11.6 Å². The normalized spacial score (nSPS) is 22.8. The molecule has 1 unspecified atom stereocenters. The lowest BCUT2D eigenvalue weighted by Crippen LogP contribution is -2.30. The molecule has 0 saturated carbocycles. The SMILES string of the molecule is CCCC1(C)C(=O)Nc2c(C(F)(F)F)cccc21. The first-order valence-electron chi connectivity index (χ1n) is 5.83. The van der Waals surface area contributed by atoms with Crippen molar-refractivity contribution in [3.8, 4) is 0 Å². The molecule has 2 rings (SSSR count). The summed E-state index contributed by atoms with van der Waals surface area (Å²) in [5.74, 6) is -0.351. The number of benzene rings is 1. The van der Waals surface area contributed by atoms with E-state index in [1.807, 2.05) is 6.92 Å². The highest BCUT2D eigenvalue weighted by molar-refractivity contribution is 6.06. The highest BCUT2D eigenvalue weighted by Gasteiger charge is 2.46. The molecule has 1 heterocycles. The number of anilines is 1. The van der Waals surface area contributed by atoms with Crippen LogP contribution in [-0.2, 0) is 16.4 Å². The zero-order valence-corrected chi connectivity index (χ0v) is 10.2. The summed E-state index contributed by atoms with van der Waals surface area (Å²) in [7, 11) is 0. The van der Waals surface area contributed by atoms with Gasteiger partial charge in [-0.15, -0.1) is 0 Å². The van der Waals surface area contributed by atoms with Crippen LogP contribution < -0.4 is 5.32 Å². The zero-order valence-electron chi connectivity index (χ0n) is 10.2. The molecule has 0 aliphatic carbocycles. The molecule has 1 N–H and O–H groups in total. The minimum absolute atomic E-state index is 0.0778. The molecule has 1 aliphatic rings. The summed E-state index contributed by atoms with van der Waals surface area (Å²) in [5, 5.41) is 2.39. The number of hydrogen-bond donors (Lipinski definition) is 1. The molecule has 0 spiro atoms. The van der Waals surface area contributed by atoms with Crippen molar-refractivity contribution in [1.82, 2.24) is 0 Å². The Balaban J connectivity index is 2.60. The average Bonchev–Trinajstić information content (AvgIpc) is 2.51. The molecule has 0 bridgehead atoms. The number of halogens is 3. The van der Waals surface area contributed by atoms with E-state index in [9.17, 15) is 18.0 Å². The van der Waals surface area contributed by atoms with Crippen LogP contribution in [-0.4, -0.2) is 5.91 Å². The van der Waals surface area contributed by atoms with Gasteiger partial charge in [-0.2, -0.15) is 13.2 Å². The van der Waals surface area contributed by atoms with Gasteiger partial charge in [0.1, 0.15) is 0 Å². The Kier molecular flexibility index (Phi) is 2.87. The van der Waals surface area contributed by atoms with Gasteiger partial charge in [-0.05, 0) is 25.0 Å². The van der Waals surface area contributed by atoms with Crippen LogP contribution in [0, 0.1) is 0 Å². The van der Waals surface area contributed by atoms with E-state index in [1.165, 1.54) is 6.07 Å². The second-order valence-electron chi connectivity index (χ2n) is 4.76. The van der Waals surface area contributed by atoms with Gasteiger partial charge in [-0.3, -0.25) is 4.79 Å². The van der Waals surface area contributed by atoms with Gasteiger partial charge in [0.2, 0.25) is 5.91 Å². The van der Waals surface area contributed by atoms with Crippen molar-refractivity contribution in [2.45, 2.75) is 38.3 Å². The largest absolute Gasteiger partial charge is 0.418 e. The van der Waals surface area contributed by atoms with Crippen molar-refractivity contribution in [1.29, 1.82) is 0 Å². The van der Waals surface area contributed by atoms with Gasteiger partial charge in [-0.25, -0.2) is 0 Å². The lowest BCUT2D eigenvalue weighted by molar-refractivity contribution is -0.136. The quantitative estimate of drug-likeness (QED) is 0.859. The van der Waals surface area contributed by atoms with Gasteiger partial charge in [0.25, 0.3) is 0 Å². The minimum atomic E-state index is -4.45. The highest BCUT2D eigenvalue weighted by atomic mass is 19.4. The predicted octanol–water partition coefficient (Wildman–Crippen LogP) is 3.72. The highest BCUT2D eigenvalue weighted by Crippen LogP contribution is 2.46. The molecule has 0 aromatic heterocycles. The van der Waals surface area contributed by atoms with Crippen molar-refractivity contribution in [2.24, 2.45) is 0 Å². The van der Waals surface area contributed by atoms with Crippen molar-refractivity contribution in [2.75, 3.05) is 5.32 Å². The molecule has 1 atom stereocenters. The lowest BCUT2D eigenvalue weighted by atomic mass is 9.79. The summed E-state index contributed by atoms with van der Waals surface area (Å²) in [6.45, 7) is 3.60. The summed E-state index contributed by atoms with van der Waals surface area (Å²) in [6, 6.07) is 3.95. The Labute approximate surface area is 103 Å². The fourth-order valence-corrected chi connectivity index (χ4v) is 2.51. The number of hydrogen-bond acceptors (Lipinski definition) is 1. The van der Waals surface area contributed by atoms with E-state index in [1.54, 1.807) is 13.0 Å². The Morgan fingerprint density at radius 1 is 1.33 bits per heavy atom. The van der Waals surface area contributed by atoms with Crippen LogP contribution in [0.4, 0.5) is 18.9 Å². The lowest BCUT2D eigenvalue weighted by Gasteiger charge is -2.21. The molecule has 2 nitrogen and oxygen atoms in total. The Hall–Kier alpha value is -1.52. The van der Waals surface area contributed by atoms with Crippen LogP contribution in [0.1, 0.15) is 37.8 Å². The first-order valence-corrected chi connectivity index (χ1v) is 5.83. The summed E-state index contributed by atoms with van der Waals surface area (Å²) >= 11 is 0. The van der Waals surface area contributed by atoms with E-state index in [-0.39, 0.29) is 11.6 Å². The van der Waals surface area contributed by atoms with Crippen LogP contribution >= 0.6 is 0 Å². The van der Waals surface area contributed by atoms with E-state index in [0.29, 0.717) is 12.0 Å². The second-order valence-corrected chi connectivity index (χ2v) is 4.76. The fraction of sp³-hybridized carbons (Fsp3) is 0.462. The van der Waals surface area contributed by atoms with E-state index in [2.05, 4.69) is 5.32 Å². The smallest absolute Gasteiger partial charge is 0.324 e. The van der Waals surface area contributed by atoms with Gasteiger partial charge < -0.3 is 5.32 Å². The molecule has 1 aromatic rings. The third kappa shape index (κ3) is 1.78. The maximum atomic E-state index is 12.9. The molecule has 18 heavy (non-hydrogen) atoms. The zero-order chi connectivity index (χ0) is 13.6. The van der Waals surface area contributed by atoms with Crippen molar-refractivity contribution < 1.29 is 18.0 Å². The first kappa shape index (κ1) is 12.9. The number of carbonyl (C=O) groups excluding carboxylic acids is 1. The number of nitrogens with one attached hydrogen (secondary N) is 1. The van der Waals surface area contributed by atoms with Crippen molar-refractivity contribution in [3.63, 3.8) is 0 Å². The van der Waals surface area contributed by atoms with E-state index < -0.39 is 17.2 Å². The Morgan fingerprint density at radius 3 is 2.56 bits per heavy atom. The molecule has 1 amide bonds. The molecular formula is C13H14F3NO. The summed E-state index contributed by atoms with van der Waals surface area (Å²) in [6.07, 6.45) is -3.18. The first-order chi connectivity index (χ1) is 8.30. The number of carbonyl (C=O) groups is 1. The summed E-state index contributed by atoms with van der Waals surface area (Å²) < 4.78 is 38.6. The third-order valence-corrected chi connectivity index (χ3v) is 3.45. The van der Waals surface area contributed by atoms with E-state index >= 15 is 0 Å². The molecule has 0 fully saturated rings. The molecule has 5 heteroatoms. The van der Waals surface area contributed by atoms with Gasteiger partial charge in [0, 0.05) is 0 Å². The van der Waals surface area contributed by atoms with Gasteiger partial charge in [-0.1, -0.05) is 25.5 Å². The van der Waals surface area contributed by atoms with Crippen LogP contribution in [0.2, 0.25) is 0 Å². The number of fused-ring (bicyclic) bond motifs is 1. The number of para-hydroxylation sites is 1. The number of amides is 1. The molecule has 0 saturated heterocycles. The van der Waals surface area contributed by atoms with Gasteiger partial charge in [0.05, 0.1) is 16.7 Å². The maximum Gasteiger partial charge on any atom is 0.418 e. The Bertz CT molecular complexity index is 495. The molecule has 1 aromatic carbocycles. The van der Waals surface area contributed by atoms with E-state index in [0.717, 1.165) is 12.5 Å². The number of rotatable bonds is 2. The minimum Gasteiger partial charge on any atom is -0.324 e. The molecule has 1 aliphatic heterocycles. The second kappa shape index (κ2) is 4.00. The Morgan fingerprint density at radius 2 is 2.00 bits per heavy atom. The molecule has 0 radical (unpaired) electrons. The molecular weight excluding hydrogens is 243 g/mol. The van der Waals surface area contributed by atoms with Crippen LogP contribution in [0.3, 0.4) is 0 Å². The van der Waals surface area contributed by atoms with Gasteiger partial charge in [0.15, 0.2) is 0 Å². The van der Waals surface area contributed by atoms with Crippen LogP contribution in [0.25, 0.3) is 0 Å². The standard InChI is InChI=1S/C13H14F3NO/c1-3-7-12(2)8-5-4-6-9(13(14,15)16)10(8)17-11(12)18/h4-6H,3,7H2,1-2H3,(H,17,18). The summed E-state index contributed by atoms with van der Waals surface area (Å²) in [5.41, 5.74) is -1.26. The topological polar surface area (TPSA) is 29.1 Å².